The van der Waals surface area contributed by atoms with E-state index in [2.05, 4.69) is 118 Å². The minimum Gasteiger partial charge on any atom is -0.461 e. The number of hydrogen-bond donors (Lipinski definition) is 0. The molecule has 0 amide bonds. The van der Waals surface area contributed by atoms with E-state index in [1.165, 1.54) is 17.7 Å². The zero-order chi connectivity index (χ0) is 54.0. The Morgan fingerprint density at radius 2 is 1.40 bits per heavy atom. The number of nitrogens with zero attached hydrogens (tertiary/aromatic N) is 6. The molecule has 0 spiro atoms. The average Bonchev–Trinajstić information content (AvgIpc) is 4.09. The van der Waals surface area contributed by atoms with Gasteiger partial charge in [-0.1, -0.05) is 157 Å². The number of aliphatic imine (C=N–C) groups is 1. The molecule has 2 bridgehead atoms. The lowest BCUT2D eigenvalue weighted by molar-refractivity contribution is 0.0590. The summed E-state index contributed by atoms with van der Waals surface area (Å²) in [5.74, 6) is 1.31. The van der Waals surface area contributed by atoms with Crippen LogP contribution in [0.15, 0.2) is 138 Å². The lowest BCUT2D eigenvalue weighted by Crippen LogP contribution is -2.60. The molecule has 5 heterocycles. The Kier molecular flexibility index (Phi) is 14.0. The van der Waals surface area contributed by atoms with Crippen LogP contribution in [0.4, 0.5) is 29.1 Å². The molecule has 0 aliphatic carbocycles. The molecule has 4 aliphatic rings. The molecular formula is C65H68F4N6OSi. The van der Waals surface area contributed by atoms with Crippen molar-refractivity contribution in [1.29, 1.82) is 0 Å². The van der Waals surface area contributed by atoms with E-state index in [1.807, 2.05) is 72.8 Å². The van der Waals surface area contributed by atoms with Crippen LogP contribution < -0.4 is 9.64 Å². The van der Waals surface area contributed by atoms with Gasteiger partial charge in [0.05, 0.1) is 28.1 Å². The summed E-state index contributed by atoms with van der Waals surface area (Å²) < 4.78 is 75.3. The molecule has 0 N–H and O–H groups in total. The third kappa shape index (κ3) is 9.36. The van der Waals surface area contributed by atoms with Gasteiger partial charge in [-0.15, -0.1) is 5.54 Å². The lowest BCUT2D eigenvalue weighted by atomic mass is 9.89. The molecule has 1 aromatic heterocycles. The number of piperazine rings is 1. The Morgan fingerprint density at radius 1 is 0.779 bits per heavy atom. The summed E-state index contributed by atoms with van der Waals surface area (Å²) >= 11 is 0. The van der Waals surface area contributed by atoms with Gasteiger partial charge in [-0.25, -0.2) is 22.6 Å². The maximum Gasteiger partial charge on any atom is 0.319 e. The van der Waals surface area contributed by atoms with Crippen molar-refractivity contribution in [2.75, 3.05) is 37.7 Å². The first kappa shape index (κ1) is 52.4. The topological polar surface area (TPSA) is 57.1 Å². The molecule has 4 atom stereocenters. The van der Waals surface area contributed by atoms with Gasteiger partial charge in [0.1, 0.15) is 43.8 Å². The second kappa shape index (κ2) is 20.6. The zero-order valence-corrected chi connectivity index (χ0v) is 46.4. The van der Waals surface area contributed by atoms with Gasteiger partial charge in [0.25, 0.3) is 0 Å². The molecule has 3 saturated heterocycles. The molecule has 2 unspecified atom stereocenters. The predicted octanol–water partition coefficient (Wildman–Crippen LogP) is 14.9. The maximum absolute atomic E-state index is 18.7. The highest BCUT2D eigenvalue weighted by Crippen LogP contribution is 2.46. The number of anilines is 1. The first-order valence-corrected chi connectivity index (χ1v) is 29.7. The standard InChI is InChI=1S/C65H68F4N6OSi/c1-41(2)77(42(3)4,43(5)6)32-29-52-55(67)28-25-46-33-49(70-60(44-19-12-9-13-20-44)45-21-14-10-15-22-45)34-53(57(46)52)58-56(68)35-54-61(59(58)69)71-63(76-40-65-30-18-31-74(65)37-48(66)36-65)72-62(54)73-38-50-26-27-51(39-73)75(50)64(7,8)47-23-16-11-17-24-47/h9-17,19-28,33-35,41-43,48,50-51H,18,30-31,36-40H2,1-8H3/t48-,50?,51?,65+/m1/s1. The molecule has 77 heavy (non-hydrogen) atoms. The second-order valence-corrected chi connectivity index (χ2v) is 28.8. The van der Waals surface area contributed by atoms with Gasteiger partial charge in [0.15, 0.2) is 5.82 Å². The molecule has 3 fully saturated rings. The first-order chi connectivity index (χ1) is 37.0. The molecule has 0 saturated carbocycles. The van der Waals surface area contributed by atoms with Crippen LogP contribution in [0.3, 0.4) is 0 Å². The Labute approximate surface area is 452 Å². The Hall–Kier alpha value is -6.65. The fraction of sp³-hybridized carbons (Fsp3) is 0.369. The van der Waals surface area contributed by atoms with Crippen molar-refractivity contribution >= 4 is 47.0 Å². The smallest absolute Gasteiger partial charge is 0.319 e. The van der Waals surface area contributed by atoms with Gasteiger partial charge in [0.2, 0.25) is 0 Å². The second-order valence-electron chi connectivity index (χ2n) is 23.2. The number of benzene rings is 6. The number of fused-ring (bicyclic) bond motifs is 5. The Balaban J connectivity index is 1.13. The van der Waals surface area contributed by atoms with Gasteiger partial charge in [-0.3, -0.25) is 9.80 Å². The summed E-state index contributed by atoms with van der Waals surface area (Å²) in [6, 6.07) is 37.6. The maximum atomic E-state index is 18.7. The van der Waals surface area contributed by atoms with Gasteiger partial charge in [0, 0.05) is 65.6 Å². The van der Waals surface area contributed by atoms with E-state index >= 15 is 17.6 Å². The molecule has 0 radical (unpaired) electrons. The van der Waals surface area contributed by atoms with Crippen molar-refractivity contribution in [2.24, 2.45) is 4.99 Å². The van der Waals surface area contributed by atoms with Crippen molar-refractivity contribution in [3.8, 4) is 28.6 Å². The van der Waals surface area contributed by atoms with Gasteiger partial charge in [-0.2, -0.15) is 9.97 Å². The number of aromatic nitrogens is 2. The SMILES string of the molecule is CC(C)[Si](C#Cc1c(F)ccc2cc(N=C(c3ccccc3)c3ccccc3)cc(-c3c(F)cc4c(N5CC6C=CC(C5)N6C(C)(C)c5ccccc5)nc(OC[C@@]56CCCN5C[C@H](F)C6)nc4c3F)c12)(C(C)C)C(C)C. The van der Waals surface area contributed by atoms with Gasteiger partial charge < -0.3 is 9.64 Å². The van der Waals surface area contributed by atoms with Crippen molar-refractivity contribution in [3.05, 3.63) is 173 Å². The van der Waals surface area contributed by atoms with Crippen LogP contribution in [0.5, 0.6) is 6.01 Å². The highest BCUT2D eigenvalue weighted by Gasteiger charge is 2.50. The van der Waals surface area contributed by atoms with E-state index in [1.54, 1.807) is 12.1 Å². The molecule has 396 valence electrons. The Bertz CT molecular complexity index is 3410. The van der Waals surface area contributed by atoms with Crippen LogP contribution in [0.2, 0.25) is 16.6 Å². The van der Waals surface area contributed by atoms with Crippen molar-refractivity contribution in [3.63, 3.8) is 0 Å². The first-order valence-electron chi connectivity index (χ1n) is 27.5. The largest absolute Gasteiger partial charge is 0.461 e. The van der Waals surface area contributed by atoms with Crippen LogP contribution in [0, 0.1) is 28.9 Å². The van der Waals surface area contributed by atoms with E-state index in [9.17, 15) is 0 Å². The summed E-state index contributed by atoms with van der Waals surface area (Å²) in [5, 5.41) is 0.979. The molecular weight excluding hydrogens is 985 g/mol. The van der Waals surface area contributed by atoms with Crippen LogP contribution in [-0.4, -0.2) is 90.1 Å². The Morgan fingerprint density at radius 3 is 2.03 bits per heavy atom. The fourth-order valence-electron chi connectivity index (χ4n) is 13.9. The fourth-order valence-corrected chi connectivity index (χ4v) is 19.1. The van der Waals surface area contributed by atoms with Crippen LogP contribution >= 0.6 is 0 Å². The summed E-state index contributed by atoms with van der Waals surface area (Å²) in [4.78, 5) is 21.9. The van der Waals surface area contributed by atoms with E-state index in [4.69, 9.17) is 19.7 Å². The minimum absolute atomic E-state index is 0.0529. The van der Waals surface area contributed by atoms with Gasteiger partial charge >= 0.3 is 6.01 Å². The summed E-state index contributed by atoms with van der Waals surface area (Å²) in [6.07, 6.45) is 5.44. The third-order valence-corrected chi connectivity index (χ3v) is 23.8. The summed E-state index contributed by atoms with van der Waals surface area (Å²) in [7, 11) is -2.45. The monoisotopic (exact) mass is 1050 g/mol. The average molecular weight is 1050 g/mol. The molecule has 11 rings (SSSR count). The predicted molar refractivity (Wildman–Crippen MR) is 307 cm³/mol. The van der Waals surface area contributed by atoms with Gasteiger partial charge in [-0.05, 0) is 90.6 Å². The number of alkyl halides is 1. The molecule has 7 nitrogen and oxygen atoms in total. The molecule has 4 aliphatic heterocycles. The van der Waals surface area contributed by atoms with E-state index < -0.39 is 42.8 Å². The number of hydrogen-bond acceptors (Lipinski definition) is 7. The van der Waals surface area contributed by atoms with E-state index in [0.29, 0.717) is 48.7 Å². The van der Waals surface area contributed by atoms with Crippen LogP contribution in [0.25, 0.3) is 32.8 Å². The molecule has 12 heteroatoms. The number of halogens is 4. The highest BCUT2D eigenvalue weighted by atomic mass is 28.3. The highest BCUT2D eigenvalue weighted by molar-refractivity contribution is 6.90. The summed E-state index contributed by atoms with van der Waals surface area (Å²) in [6.45, 7) is 19.8. The van der Waals surface area contributed by atoms with E-state index in [-0.39, 0.29) is 74.3 Å². The third-order valence-electron chi connectivity index (χ3n) is 17.5. The zero-order valence-electron chi connectivity index (χ0n) is 45.4. The summed E-state index contributed by atoms with van der Waals surface area (Å²) in [5.41, 5.74) is 7.13. The lowest BCUT2D eigenvalue weighted by Gasteiger charge is -2.50. The van der Waals surface area contributed by atoms with Crippen molar-refractivity contribution in [1.82, 2.24) is 19.8 Å². The normalized spacial score (nSPS) is 20.7. The van der Waals surface area contributed by atoms with Crippen molar-refractivity contribution in [2.45, 2.75) is 121 Å². The van der Waals surface area contributed by atoms with Crippen molar-refractivity contribution < 1.29 is 22.3 Å². The van der Waals surface area contributed by atoms with E-state index in [0.717, 1.165) is 30.5 Å². The molecule has 7 aromatic rings. The molecule has 6 aromatic carbocycles. The van der Waals surface area contributed by atoms with Crippen LogP contribution in [-0.2, 0) is 5.54 Å². The number of ether oxygens (including phenoxy) is 1. The minimum atomic E-state index is -2.45. The number of rotatable bonds is 13. The quantitative estimate of drug-likeness (QED) is 0.0377. The van der Waals surface area contributed by atoms with Crippen LogP contribution in [0.1, 0.15) is 96.9 Å².